The molecular weight excluding hydrogens is 664 g/mol. The van der Waals surface area contributed by atoms with Gasteiger partial charge in [-0.05, 0) is 79.8 Å². The Labute approximate surface area is 277 Å². The Kier molecular flexibility index (Phi) is 10.8. The Morgan fingerprint density at radius 3 is 2.16 bits per heavy atom. The van der Waals surface area contributed by atoms with Crippen molar-refractivity contribution in [3.05, 3.63) is 65.4 Å². The molecule has 1 amide bonds. The zero-order chi connectivity index (χ0) is 35.6. The van der Waals surface area contributed by atoms with Gasteiger partial charge < -0.3 is 10.4 Å². The van der Waals surface area contributed by atoms with Gasteiger partial charge in [-0.25, -0.2) is 13.6 Å². The van der Waals surface area contributed by atoms with Crippen LogP contribution in [0.25, 0.3) is 22.0 Å². The van der Waals surface area contributed by atoms with Gasteiger partial charge in [-0.15, -0.1) is 0 Å². The van der Waals surface area contributed by atoms with E-state index in [2.05, 4.69) is 9.88 Å². The summed E-state index contributed by atoms with van der Waals surface area (Å²) in [5, 5.41) is 12.6. The molecule has 2 aliphatic rings. The number of carbonyl (C=O) groups is 2. The van der Waals surface area contributed by atoms with Crippen molar-refractivity contribution in [3.8, 4) is 11.3 Å². The van der Waals surface area contributed by atoms with E-state index in [4.69, 9.17) is 0 Å². The number of piperidine rings is 2. The molecule has 2 aliphatic heterocycles. The highest BCUT2D eigenvalue weighted by Crippen LogP contribution is 2.47. The van der Waals surface area contributed by atoms with Crippen molar-refractivity contribution in [2.75, 3.05) is 32.7 Å². The van der Waals surface area contributed by atoms with Crippen molar-refractivity contribution >= 4 is 22.6 Å². The Morgan fingerprint density at radius 2 is 1.55 bits per heavy atom. The van der Waals surface area contributed by atoms with Gasteiger partial charge in [0.2, 0.25) is 5.91 Å². The minimum Gasteiger partial charge on any atom is -0.480 e. The number of amides is 1. The van der Waals surface area contributed by atoms with Gasteiger partial charge in [0, 0.05) is 24.7 Å². The third kappa shape index (κ3) is 8.14. The molecule has 0 unspecified atom stereocenters. The van der Waals surface area contributed by atoms with E-state index in [0.717, 1.165) is 43.3 Å². The van der Waals surface area contributed by atoms with Gasteiger partial charge in [0.15, 0.2) is 0 Å². The van der Waals surface area contributed by atoms with Crippen LogP contribution in [0.2, 0.25) is 0 Å². The summed E-state index contributed by atoms with van der Waals surface area (Å²) < 4.78 is 112. The van der Waals surface area contributed by atoms with Crippen LogP contribution in [-0.4, -0.2) is 83.1 Å². The topological polar surface area (TPSA) is 85.8 Å². The number of nitrogens with one attached hydrogen (secondary N) is 1. The average Bonchev–Trinajstić information content (AvgIpc) is 3.04. The molecule has 1 atom stereocenters. The molecule has 2 N–H and O–H groups in total. The lowest BCUT2D eigenvalue weighted by atomic mass is 9.76. The molecule has 0 saturated carbocycles. The van der Waals surface area contributed by atoms with Crippen molar-refractivity contribution in [2.45, 2.75) is 69.9 Å². The minimum absolute atomic E-state index is 0.124. The van der Waals surface area contributed by atoms with E-state index >= 15 is 0 Å². The van der Waals surface area contributed by atoms with Crippen LogP contribution < -0.4 is 5.32 Å². The van der Waals surface area contributed by atoms with Gasteiger partial charge in [0.05, 0.1) is 17.8 Å². The zero-order valence-corrected chi connectivity index (χ0v) is 26.4. The van der Waals surface area contributed by atoms with Crippen LogP contribution >= 0.6 is 0 Å². The van der Waals surface area contributed by atoms with Crippen LogP contribution in [-0.2, 0) is 28.7 Å². The van der Waals surface area contributed by atoms with Crippen molar-refractivity contribution in [3.63, 3.8) is 0 Å². The summed E-state index contributed by atoms with van der Waals surface area (Å²) in [5.74, 6) is -3.20. The van der Waals surface area contributed by atoms with Gasteiger partial charge in [-0.2, -0.15) is 26.3 Å². The van der Waals surface area contributed by atoms with E-state index in [1.54, 1.807) is 6.07 Å². The molecule has 49 heavy (non-hydrogen) atoms. The van der Waals surface area contributed by atoms with Crippen molar-refractivity contribution in [1.29, 1.82) is 0 Å². The van der Waals surface area contributed by atoms with Gasteiger partial charge in [-0.1, -0.05) is 42.8 Å². The summed E-state index contributed by atoms with van der Waals surface area (Å²) in [7, 11) is 0. The lowest BCUT2D eigenvalue weighted by Crippen LogP contribution is -2.59. The SMILES string of the molecule is O=C(O)[C@H](Cc1cccc2c(-c3ncc(CN4CCCCC4)cc3C(F)(F)F)cccc12)NC(=O)C1(C(F)(F)F)CCN(CC(F)F)CC1. The highest BCUT2D eigenvalue weighted by molar-refractivity contribution is 5.98. The number of aliphatic carboxylic acids is 1. The monoisotopic (exact) mass is 700 g/mol. The summed E-state index contributed by atoms with van der Waals surface area (Å²) in [6, 6.07) is 8.23. The Hall–Kier alpha value is -3.85. The van der Waals surface area contributed by atoms with Crippen LogP contribution in [0.3, 0.4) is 0 Å². The third-order valence-corrected chi connectivity index (χ3v) is 9.48. The Bertz CT molecular complexity index is 1650. The first-order valence-electron chi connectivity index (χ1n) is 16.0. The molecule has 3 aromatic rings. The fraction of sp³-hybridized carbons (Fsp3) is 0.500. The normalized spacial score (nSPS) is 18.5. The van der Waals surface area contributed by atoms with Crippen LogP contribution in [0.4, 0.5) is 35.1 Å². The third-order valence-electron chi connectivity index (χ3n) is 9.48. The lowest BCUT2D eigenvalue weighted by Gasteiger charge is -2.41. The molecule has 2 aromatic carbocycles. The van der Waals surface area contributed by atoms with Crippen molar-refractivity contribution in [1.82, 2.24) is 20.1 Å². The number of alkyl halides is 8. The lowest BCUT2D eigenvalue weighted by molar-refractivity contribution is -0.233. The van der Waals surface area contributed by atoms with Crippen LogP contribution in [0.1, 0.15) is 48.8 Å². The maximum atomic E-state index is 14.4. The predicted octanol–water partition coefficient (Wildman–Crippen LogP) is 6.93. The summed E-state index contributed by atoms with van der Waals surface area (Å²) in [6.07, 6.45) is -10.3. The van der Waals surface area contributed by atoms with Crippen molar-refractivity contribution < 1.29 is 49.8 Å². The number of pyridine rings is 1. The number of carbonyl (C=O) groups excluding carboxylic acids is 1. The van der Waals surface area contributed by atoms with Crippen LogP contribution in [0.15, 0.2) is 48.7 Å². The smallest absolute Gasteiger partial charge is 0.418 e. The first-order chi connectivity index (χ1) is 23.1. The number of benzene rings is 2. The fourth-order valence-electron chi connectivity index (χ4n) is 6.83. The quantitative estimate of drug-likeness (QED) is 0.223. The van der Waals surface area contributed by atoms with Crippen LogP contribution in [0, 0.1) is 5.41 Å². The molecule has 3 heterocycles. The Morgan fingerprint density at radius 1 is 0.898 bits per heavy atom. The maximum absolute atomic E-state index is 14.4. The number of aromatic nitrogens is 1. The summed E-state index contributed by atoms with van der Waals surface area (Å²) in [4.78, 5) is 32.9. The zero-order valence-electron chi connectivity index (χ0n) is 26.4. The molecule has 0 aliphatic carbocycles. The molecule has 0 bridgehead atoms. The molecule has 1 aromatic heterocycles. The summed E-state index contributed by atoms with van der Waals surface area (Å²) >= 11 is 0. The standard InChI is InChI=1S/C34H36F8N4O3/c35-28(36)20-46-14-10-32(11-15-46,34(40,41)42)31(49)44-27(30(47)48)17-22-6-4-8-24-23(22)7-5-9-25(24)29-26(33(37,38)39)16-21(18-43-29)19-45-12-2-1-3-13-45/h4-9,16,18,27-28H,1-3,10-15,17,19-20H2,(H,44,49)(H,47,48)/t27-/m0/s1. The predicted molar refractivity (Wildman–Crippen MR) is 165 cm³/mol. The van der Waals surface area contributed by atoms with E-state index in [1.165, 1.54) is 36.5 Å². The fourth-order valence-corrected chi connectivity index (χ4v) is 6.83. The van der Waals surface area contributed by atoms with Gasteiger partial charge >= 0.3 is 18.3 Å². The average molecular weight is 701 g/mol. The molecule has 0 radical (unpaired) electrons. The first-order valence-corrected chi connectivity index (χ1v) is 16.0. The number of hydrogen-bond acceptors (Lipinski definition) is 5. The number of rotatable bonds is 10. The number of halogens is 8. The molecule has 266 valence electrons. The number of carboxylic acid groups (broad SMARTS) is 1. The Balaban J connectivity index is 1.44. The molecule has 5 rings (SSSR count). The second kappa shape index (κ2) is 14.6. The van der Waals surface area contributed by atoms with E-state index in [1.807, 2.05) is 5.32 Å². The number of fused-ring (bicyclic) bond motifs is 1. The molecule has 2 saturated heterocycles. The van der Waals surface area contributed by atoms with E-state index < -0.39 is 86.6 Å². The maximum Gasteiger partial charge on any atom is 0.418 e. The van der Waals surface area contributed by atoms with Crippen LogP contribution in [0.5, 0.6) is 0 Å². The number of carboxylic acids is 1. The van der Waals surface area contributed by atoms with E-state index in [9.17, 15) is 49.8 Å². The van der Waals surface area contributed by atoms with Gasteiger partial charge in [-0.3, -0.25) is 19.6 Å². The summed E-state index contributed by atoms with van der Waals surface area (Å²) in [5.41, 5.74) is -3.45. The second-order valence-electron chi connectivity index (χ2n) is 12.7. The largest absolute Gasteiger partial charge is 0.480 e. The highest BCUT2D eigenvalue weighted by atomic mass is 19.4. The molecule has 2 fully saturated rings. The van der Waals surface area contributed by atoms with Crippen molar-refractivity contribution in [2.24, 2.45) is 5.41 Å². The minimum atomic E-state index is -5.09. The molecule has 7 nitrogen and oxygen atoms in total. The van der Waals surface area contributed by atoms with Gasteiger partial charge in [0.1, 0.15) is 11.5 Å². The van der Waals surface area contributed by atoms with E-state index in [0.29, 0.717) is 22.9 Å². The number of likely N-dealkylation sites (tertiary alicyclic amines) is 2. The molecular formula is C34H36F8N4O3. The second-order valence-corrected chi connectivity index (χ2v) is 12.7. The molecule has 15 heteroatoms. The summed E-state index contributed by atoms with van der Waals surface area (Å²) in [6.45, 7) is 0.262. The number of nitrogens with zero attached hydrogens (tertiary/aromatic N) is 3. The first kappa shape index (κ1) is 36.4. The van der Waals surface area contributed by atoms with Gasteiger partial charge in [0.25, 0.3) is 6.43 Å². The highest BCUT2D eigenvalue weighted by Gasteiger charge is 2.61. The van der Waals surface area contributed by atoms with E-state index in [-0.39, 0.29) is 16.8 Å². The number of hydrogen-bond donors (Lipinski definition) is 2. The molecule has 0 spiro atoms.